The van der Waals surface area contributed by atoms with Crippen molar-refractivity contribution < 1.29 is 4.79 Å². The van der Waals surface area contributed by atoms with Crippen LogP contribution in [0.4, 0.5) is 0 Å². The highest BCUT2D eigenvalue weighted by Gasteiger charge is 2.04. The van der Waals surface area contributed by atoms with E-state index in [4.69, 9.17) is 0 Å². The largest absolute Gasteiger partial charge is 0.272 e. The van der Waals surface area contributed by atoms with Crippen LogP contribution in [0.5, 0.6) is 0 Å². The Morgan fingerprint density at radius 3 is 2.59 bits per heavy atom. The fourth-order valence-corrected chi connectivity index (χ4v) is 2.18. The van der Waals surface area contributed by atoms with E-state index in [1.54, 1.807) is 18.3 Å². The molecule has 0 atom stereocenters. The summed E-state index contributed by atoms with van der Waals surface area (Å²) in [5.41, 5.74) is 4.77. The van der Waals surface area contributed by atoms with Gasteiger partial charge in [-0.25, -0.2) is 5.43 Å². The highest BCUT2D eigenvalue weighted by molar-refractivity contribution is 6.03. The van der Waals surface area contributed by atoms with Gasteiger partial charge in [-0.15, -0.1) is 0 Å². The van der Waals surface area contributed by atoms with Crippen LogP contribution in [-0.4, -0.2) is 16.6 Å². The minimum absolute atomic E-state index is 0.270. The quantitative estimate of drug-likeness (QED) is 0.593. The van der Waals surface area contributed by atoms with E-state index in [-0.39, 0.29) is 5.91 Å². The second kappa shape index (κ2) is 6.18. The first-order valence-electron chi connectivity index (χ1n) is 6.98. The third-order valence-electron chi connectivity index (χ3n) is 3.42. The van der Waals surface area contributed by atoms with E-state index in [0.29, 0.717) is 5.56 Å². The first-order valence-corrected chi connectivity index (χ1v) is 6.98. The zero-order chi connectivity index (χ0) is 15.4. The van der Waals surface area contributed by atoms with E-state index >= 15 is 0 Å². The number of amides is 1. The van der Waals surface area contributed by atoms with Gasteiger partial charge in [-0.2, -0.15) is 5.10 Å². The smallest absolute Gasteiger partial charge is 0.267 e. The number of hydrazone groups is 1. The minimum atomic E-state index is -0.270. The van der Waals surface area contributed by atoms with Crippen LogP contribution in [0.15, 0.2) is 72.1 Å². The van der Waals surface area contributed by atoms with Crippen molar-refractivity contribution in [2.45, 2.75) is 6.92 Å². The van der Waals surface area contributed by atoms with Crippen molar-refractivity contribution in [1.82, 2.24) is 10.4 Å². The van der Waals surface area contributed by atoms with Crippen molar-refractivity contribution in [2.75, 3.05) is 0 Å². The second-order valence-electron chi connectivity index (χ2n) is 4.94. The van der Waals surface area contributed by atoms with Gasteiger partial charge in [0, 0.05) is 12.4 Å². The van der Waals surface area contributed by atoms with Crippen molar-refractivity contribution in [3.05, 3.63) is 78.1 Å². The molecule has 2 aromatic carbocycles. The van der Waals surface area contributed by atoms with Crippen molar-refractivity contribution in [2.24, 2.45) is 5.10 Å². The summed E-state index contributed by atoms with van der Waals surface area (Å²) in [6.45, 7) is 1.87. The molecule has 0 aliphatic carbocycles. The summed E-state index contributed by atoms with van der Waals surface area (Å²) in [6.07, 6.45) is 3.14. The van der Waals surface area contributed by atoms with Crippen molar-refractivity contribution >= 4 is 22.4 Å². The second-order valence-corrected chi connectivity index (χ2v) is 4.94. The Balaban J connectivity index is 1.80. The lowest BCUT2D eigenvalue weighted by atomic mass is 10.0. The Bertz CT molecular complexity index is 841. The Labute approximate surface area is 128 Å². The van der Waals surface area contributed by atoms with Gasteiger partial charge in [0.1, 0.15) is 0 Å². The number of hydrogen-bond acceptors (Lipinski definition) is 3. The van der Waals surface area contributed by atoms with Crippen LogP contribution in [0, 0.1) is 0 Å². The number of aromatic nitrogens is 1. The van der Waals surface area contributed by atoms with E-state index in [1.807, 2.05) is 31.2 Å². The Hall–Kier alpha value is -3.01. The maximum absolute atomic E-state index is 11.9. The fourth-order valence-electron chi connectivity index (χ4n) is 2.18. The molecule has 0 saturated carbocycles. The van der Waals surface area contributed by atoms with Crippen LogP contribution in [0.3, 0.4) is 0 Å². The fraction of sp³-hybridized carbons (Fsp3) is 0.0556. The molecule has 0 fully saturated rings. The first-order chi connectivity index (χ1) is 10.7. The maximum atomic E-state index is 11.9. The van der Waals surface area contributed by atoms with E-state index in [9.17, 15) is 4.79 Å². The number of hydrogen-bond donors (Lipinski definition) is 1. The van der Waals surface area contributed by atoms with E-state index in [0.717, 1.165) is 16.7 Å². The number of carbonyl (C=O) groups is 1. The number of pyridine rings is 1. The van der Waals surface area contributed by atoms with Crippen LogP contribution in [0.25, 0.3) is 10.8 Å². The Morgan fingerprint density at radius 2 is 1.82 bits per heavy atom. The highest BCUT2D eigenvalue weighted by Crippen LogP contribution is 2.16. The van der Waals surface area contributed by atoms with Crippen LogP contribution >= 0.6 is 0 Å². The molecular formula is C18H15N3O. The maximum Gasteiger partial charge on any atom is 0.272 e. The van der Waals surface area contributed by atoms with Gasteiger partial charge in [0.15, 0.2) is 0 Å². The lowest BCUT2D eigenvalue weighted by Crippen LogP contribution is -2.19. The van der Waals surface area contributed by atoms with Gasteiger partial charge >= 0.3 is 0 Å². The third-order valence-corrected chi connectivity index (χ3v) is 3.42. The standard InChI is InChI=1S/C18H15N3O/c1-13(20-21-18(22)17-7-4-10-19-12-17)15-9-8-14-5-2-3-6-16(14)11-15/h2-12H,1H3,(H,21,22)/b20-13-. The lowest BCUT2D eigenvalue weighted by molar-refractivity contribution is 0.0954. The van der Waals surface area contributed by atoms with Gasteiger partial charge < -0.3 is 0 Å². The summed E-state index contributed by atoms with van der Waals surface area (Å²) >= 11 is 0. The van der Waals surface area contributed by atoms with Gasteiger partial charge in [0.25, 0.3) is 5.91 Å². The molecule has 0 aliphatic rings. The molecule has 0 saturated heterocycles. The zero-order valence-electron chi connectivity index (χ0n) is 12.2. The van der Waals surface area contributed by atoms with Crippen LogP contribution in [0.2, 0.25) is 0 Å². The SMILES string of the molecule is C/C(=N/NC(=O)c1cccnc1)c1ccc2ccccc2c1. The number of nitrogens with zero attached hydrogens (tertiary/aromatic N) is 2. The number of fused-ring (bicyclic) bond motifs is 1. The number of benzene rings is 2. The summed E-state index contributed by atoms with van der Waals surface area (Å²) in [5.74, 6) is -0.270. The van der Waals surface area contributed by atoms with Gasteiger partial charge in [-0.3, -0.25) is 9.78 Å². The number of carbonyl (C=O) groups excluding carboxylic acids is 1. The summed E-state index contributed by atoms with van der Waals surface area (Å²) in [6, 6.07) is 17.7. The summed E-state index contributed by atoms with van der Waals surface area (Å²) in [7, 11) is 0. The highest BCUT2D eigenvalue weighted by atomic mass is 16.2. The van der Waals surface area contributed by atoms with E-state index in [1.165, 1.54) is 11.6 Å². The molecule has 3 rings (SSSR count). The van der Waals surface area contributed by atoms with Crippen molar-refractivity contribution in [3.8, 4) is 0 Å². The molecule has 1 heterocycles. The molecule has 108 valence electrons. The lowest BCUT2D eigenvalue weighted by Gasteiger charge is -2.04. The Kier molecular flexibility index (Phi) is 3.92. The molecule has 4 heteroatoms. The average Bonchev–Trinajstić information content (AvgIpc) is 2.59. The topological polar surface area (TPSA) is 54.4 Å². The van der Waals surface area contributed by atoms with Crippen molar-refractivity contribution in [3.63, 3.8) is 0 Å². The number of rotatable bonds is 3. The van der Waals surface area contributed by atoms with Gasteiger partial charge in [0.2, 0.25) is 0 Å². The third kappa shape index (κ3) is 3.01. The summed E-state index contributed by atoms with van der Waals surface area (Å²) in [5, 5.41) is 6.49. The monoisotopic (exact) mass is 289 g/mol. The predicted molar refractivity (Wildman–Crippen MR) is 87.9 cm³/mol. The average molecular weight is 289 g/mol. The molecule has 1 amide bonds. The summed E-state index contributed by atoms with van der Waals surface area (Å²) in [4.78, 5) is 15.9. The molecule has 0 radical (unpaired) electrons. The first kappa shape index (κ1) is 13.9. The molecule has 22 heavy (non-hydrogen) atoms. The Morgan fingerprint density at radius 1 is 1.00 bits per heavy atom. The van der Waals surface area contributed by atoms with Crippen LogP contribution in [-0.2, 0) is 0 Å². The van der Waals surface area contributed by atoms with Crippen LogP contribution < -0.4 is 5.43 Å². The minimum Gasteiger partial charge on any atom is -0.267 e. The molecule has 0 bridgehead atoms. The zero-order valence-corrected chi connectivity index (χ0v) is 12.2. The molecule has 1 N–H and O–H groups in total. The summed E-state index contributed by atoms with van der Waals surface area (Å²) < 4.78 is 0. The molecule has 4 nitrogen and oxygen atoms in total. The van der Waals surface area contributed by atoms with Crippen LogP contribution in [0.1, 0.15) is 22.8 Å². The van der Waals surface area contributed by atoms with Crippen molar-refractivity contribution in [1.29, 1.82) is 0 Å². The molecular weight excluding hydrogens is 274 g/mol. The van der Waals surface area contributed by atoms with Gasteiger partial charge in [-0.05, 0) is 41.5 Å². The normalized spacial score (nSPS) is 11.4. The molecule has 0 spiro atoms. The van der Waals surface area contributed by atoms with Gasteiger partial charge in [0.05, 0.1) is 11.3 Å². The molecule has 0 unspecified atom stereocenters. The van der Waals surface area contributed by atoms with Gasteiger partial charge in [-0.1, -0.05) is 36.4 Å². The van der Waals surface area contributed by atoms with E-state index in [2.05, 4.69) is 33.7 Å². The molecule has 3 aromatic rings. The predicted octanol–water partition coefficient (Wildman–Crippen LogP) is 3.39. The molecule has 0 aliphatic heterocycles. The number of nitrogens with one attached hydrogen (secondary N) is 1. The molecule has 1 aromatic heterocycles. The van der Waals surface area contributed by atoms with E-state index < -0.39 is 0 Å².